The molecule has 0 aliphatic carbocycles. The Morgan fingerprint density at radius 2 is 2.36 bits per heavy atom. The number of hydrogen-bond acceptors (Lipinski definition) is 1. The molecule has 1 aromatic rings. The molecule has 0 saturated carbocycles. The lowest BCUT2D eigenvalue weighted by molar-refractivity contribution is 0.608. The minimum absolute atomic E-state index is 0.233. The van der Waals surface area contributed by atoms with Gasteiger partial charge in [-0.1, -0.05) is 30.2 Å². The van der Waals surface area contributed by atoms with Gasteiger partial charge in [-0.15, -0.1) is 0 Å². The molecule has 60 valence electrons. The zero-order valence-electron chi connectivity index (χ0n) is 16.8. The molecule has 0 bridgehead atoms. The molecule has 0 fully saturated rings. The second kappa shape index (κ2) is 4.14. The zero-order chi connectivity index (χ0) is 17.5. The van der Waals surface area contributed by atoms with Gasteiger partial charge >= 0.3 is 0 Å². The van der Waals surface area contributed by atoms with Crippen molar-refractivity contribution < 1.29 is 15.1 Å². The summed E-state index contributed by atoms with van der Waals surface area (Å²) < 4.78 is 81.5. The van der Waals surface area contributed by atoms with E-state index in [-0.39, 0.29) is 5.56 Å². The lowest BCUT2D eigenvalue weighted by Crippen LogP contribution is -2.23. The minimum atomic E-state index is -2.73. The largest absolute Gasteiger partial charge is 0.317 e. The van der Waals surface area contributed by atoms with Crippen LogP contribution in [-0.4, -0.2) is 13.0 Å². The minimum Gasteiger partial charge on any atom is -0.317 e. The topological polar surface area (TPSA) is 12.0 Å². The molecule has 11 heavy (non-hydrogen) atoms. The molecule has 0 saturated heterocycles. The van der Waals surface area contributed by atoms with E-state index in [0.717, 1.165) is 0 Å². The van der Waals surface area contributed by atoms with Crippen molar-refractivity contribution in [3.05, 3.63) is 35.8 Å². The van der Waals surface area contributed by atoms with Gasteiger partial charge in [0.15, 0.2) is 0 Å². The summed E-state index contributed by atoms with van der Waals surface area (Å²) in [6, 6.07) is -4.40. The Morgan fingerprint density at radius 1 is 1.55 bits per heavy atom. The standard InChI is InChI=1S/C10H15N/c1-9(11-2)8-10-6-4-3-5-7-10/h3-7,9,11H,8H2,1-2H3/i1D3,2D3,3D,4D,5D,6D,7D. The quantitative estimate of drug-likeness (QED) is 0.711. The van der Waals surface area contributed by atoms with Crippen LogP contribution in [0.5, 0.6) is 0 Å². The van der Waals surface area contributed by atoms with Gasteiger partial charge in [-0.3, -0.25) is 0 Å². The van der Waals surface area contributed by atoms with Crippen LogP contribution in [0, 0.1) is 0 Å². The van der Waals surface area contributed by atoms with Crippen LogP contribution < -0.4 is 5.32 Å². The number of hydrogen-bond donors (Lipinski definition) is 1. The van der Waals surface area contributed by atoms with Crippen LogP contribution in [0.2, 0.25) is 0 Å². The van der Waals surface area contributed by atoms with Crippen LogP contribution in [0.3, 0.4) is 0 Å². The molecule has 1 aromatic carbocycles. The maximum absolute atomic E-state index is 7.74. The molecule has 0 aliphatic rings. The van der Waals surface area contributed by atoms with Crippen LogP contribution in [0.1, 0.15) is 27.5 Å². The first-order chi connectivity index (χ1) is 9.75. The third-order valence-corrected chi connectivity index (χ3v) is 1.13. The Hall–Kier alpha value is -0.820. The predicted octanol–water partition coefficient (Wildman–Crippen LogP) is 1.84. The number of benzene rings is 1. The van der Waals surface area contributed by atoms with Gasteiger partial charge in [0, 0.05) is 14.3 Å². The van der Waals surface area contributed by atoms with Crippen molar-refractivity contribution in [3.8, 4) is 0 Å². The highest BCUT2D eigenvalue weighted by Crippen LogP contribution is 2.01. The second-order valence-corrected chi connectivity index (χ2v) is 2.00. The Balaban J connectivity index is 3.31. The van der Waals surface area contributed by atoms with E-state index in [1.165, 1.54) is 0 Å². The maximum Gasteiger partial charge on any atom is 0.0626 e. The van der Waals surface area contributed by atoms with Crippen molar-refractivity contribution in [2.75, 3.05) is 6.98 Å². The normalized spacial score (nSPS) is 29.6. The number of likely N-dealkylation sites (N-methyl/N-ethyl adjacent to an activating group) is 1. The molecule has 1 atom stereocenters. The fraction of sp³-hybridized carbons (Fsp3) is 0.400. The van der Waals surface area contributed by atoms with Gasteiger partial charge in [0.1, 0.15) is 0 Å². The van der Waals surface area contributed by atoms with Gasteiger partial charge in [0.25, 0.3) is 0 Å². The molecule has 0 amide bonds. The van der Waals surface area contributed by atoms with Gasteiger partial charge in [0.2, 0.25) is 0 Å². The second-order valence-electron chi connectivity index (χ2n) is 2.00. The summed E-state index contributed by atoms with van der Waals surface area (Å²) in [5, 5.41) is 1.95. The van der Waals surface area contributed by atoms with Crippen molar-refractivity contribution in [2.24, 2.45) is 0 Å². The summed E-state index contributed by atoms with van der Waals surface area (Å²) in [4.78, 5) is 0. The third-order valence-electron chi connectivity index (χ3n) is 1.13. The molecule has 1 heteroatoms. The molecule has 1 N–H and O–H groups in total. The van der Waals surface area contributed by atoms with Crippen LogP contribution in [0.25, 0.3) is 0 Å². The molecule has 0 aromatic heterocycles. The van der Waals surface area contributed by atoms with Crippen molar-refractivity contribution in [2.45, 2.75) is 19.3 Å². The van der Waals surface area contributed by atoms with Crippen molar-refractivity contribution in [1.82, 2.24) is 5.32 Å². The zero-order valence-corrected chi connectivity index (χ0v) is 5.78. The maximum atomic E-state index is 7.74. The summed E-state index contributed by atoms with van der Waals surface area (Å²) in [6.07, 6.45) is -0.523. The van der Waals surface area contributed by atoms with Crippen molar-refractivity contribution in [3.63, 3.8) is 0 Å². The number of nitrogens with one attached hydrogen (secondary N) is 1. The Morgan fingerprint density at radius 3 is 3.00 bits per heavy atom. The van der Waals surface area contributed by atoms with Gasteiger partial charge < -0.3 is 5.32 Å². The first-order valence-corrected chi connectivity index (χ1v) is 3.09. The average molecular weight is 160 g/mol. The van der Waals surface area contributed by atoms with Crippen molar-refractivity contribution >= 4 is 0 Å². The molecule has 1 unspecified atom stereocenters. The summed E-state index contributed by atoms with van der Waals surface area (Å²) in [6.45, 7) is -5.44. The predicted molar refractivity (Wildman–Crippen MR) is 48.7 cm³/mol. The van der Waals surface area contributed by atoms with E-state index >= 15 is 0 Å². The molecule has 0 radical (unpaired) electrons. The van der Waals surface area contributed by atoms with Crippen LogP contribution in [-0.2, 0) is 6.42 Å². The monoisotopic (exact) mass is 160 g/mol. The molecule has 1 nitrogen and oxygen atoms in total. The van der Waals surface area contributed by atoms with Gasteiger partial charge in [-0.05, 0) is 25.8 Å². The molecule has 0 aliphatic heterocycles. The van der Waals surface area contributed by atoms with Gasteiger partial charge in [0.05, 0.1) is 6.85 Å². The average Bonchev–Trinajstić information content (AvgIpc) is 2.35. The van der Waals surface area contributed by atoms with Crippen molar-refractivity contribution in [1.29, 1.82) is 0 Å². The lowest BCUT2D eigenvalue weighted by atomic mass is 10.1. The summed E-state index contributed by atoms with van der Waals surface area (Å²) in [5.74, 6) is 0. The van der Waals surface area contributed by atoms with E-state index in [2.05, 4.69) is 0 Å². The number of rotatable bonds is 3. The SMILES string of the molecule is [2H]c1c([2H])c([2H])c(CC(NC([2H])([2H])[2H])C([2H])([2H])[2H])c([2H])c1[2H]. The smallest absolute Gasteiger partial charge is 0.0626 e. The molecule has 1 rings (SSSR count). The highest BCUT2D eigenvalue weighted by atomic mass is 14.8. The van der Waals surface area contributed by atoms with E-state index in [1.807, 2.05) is 5.32 Å². The molecular formula is C10H15N. The van der Waals surface area contributed by atoms with E-state index in [9.17, 15) is 0 Å². The fourth-order valence-corrected chi connectivity index (χ4v) is 0.633. The van der Waals surface area contributed by atoms with E-state index < -0.39 is 56.5 Å². The first-order valence-electron chi connectivity index (χ1n) is 8.59. The van der Waals surface area contributed by atoms with Crippen LogP contribution >= 0.6 is 0 Å². The van der Waals surface area contributed by atoms with Crippen LogP contribution in [0.15, 0.2) is 30.2 Å². The van der Waals surface area contributed by atoms with E-state index in [4.69, 9.17) is 15.1 Å². The first kappa shape index (κ1) is 1.91. The highest BCUT2D eigenvalue weighted by molar-refractivity contribution is 5.15. The third kappa shape index (κ3) is 2.72. The molecule has 0 spiro atoms. The summed E-state index contributed by atoms with van der Waals surface area (Å²) >= 11 is 0. The Kier molecular flexibility index (Phi) is 0.720. The Bertz CT molecular complexity index is 530. The summed E-state index contributed by atoms with van der Waals surface area (Å²) in [7, 11) is 0. The fourth-order valence-electron chi connectivity index (χ4n) is 0.633. The molecular weight excluding hydrogens is 134 g/mol. The summed E-state index contributed by atoms with van der Waals surface area (Å²) in [5.41, 5.74) is -0.233. The van der Waals surface area contributed by atoms with E-state index in [0.29, 0.717) is 0 Å². The van der Waals surface area contributed by atoms with Gasteiger partial charge in [-0.25, -0.2) is 0 Å². The highest BCUT2D eigenvalue weighted by Gasteiger charge is 1.97. The lowest BCUT2D eigenvalue weighted by Gasteiger charge is -2.08. The van der Waals surface area contributed by atoms with Gasteiger partial charge in [-0.2, -0.15) is 0 Å². The van der Waals surface area contributed by atoms with Crippen LogP contribution in [0.4, 0.5) is 0 Å². The van der Waals surface area contributed by atoms with E-state index in [1.54, 1.807) is 0 Å². The molecule has 0 heterocycles. The Labute approximate surface area is 83.9 Å².